The van der Waals surface area contributed by atoms with Crippen molar-refractivity contribution in [3.05, 3.63) is 0 Å². The summed E-state index contributed by atoms with van der Waals surface area (Å²) in [5.74, 6) is -0.860. The average molecular weight is 272 g/mol. The van der Waals surface area contributed by atoms with Crippen LogP contribution in [-0.2, 0) is 9.53 Å². The molecule has 0 aromatic heterocycles. The molecule has 1 unspecified atom stereocenters. The van der Waals surface area contributed by atoms with Gasteiger partial charge in [0.15, 0.2) is 0 Å². The van der Waals surface area contributed by atoms with Gasteiger partial charge in [0, 0.05) is 19.8 Å². The van der Waals surface area contributed by atoms with Gasteiger partial charge >= 0.3 is 12.0 Å². The van der Waals surface area contributed by atoms with Crippen molar-refractivity contribution in [1.82, 2.24) is 10.6 Å². The van der Waals surface area contributed by atoms with Crippen molar-refractivity contribution in [3.8, 4) is 0 Å². The standard InChI is InChI=1S/C13H24N2O4/c1-2-3-8-19-9-4-7-14-13(18)15-11(12(16)17)10-5-6-10/h10-11H,2-9H2,1H3,(H,16,17)(H2,14,15,18). The zero-order valence-electron chi connectivity index (χ0n) is 11.5. The predicted octanol–water partition coefficient (Wildman–Crippen LogP) is 1.36. The quantitative estimate of drug-likeness (QED) is 0.524. The summed E-state index contributed by atoms with van der Waals surface area (Å²) in [7, 11) is 0. The van der Waals surface area contributed by atoms with Crippen LogP contribution in [0, 0.1) is 5.92 Å². The number of carbonyl (C=O) groups is 2. The fourth-order valence-electron chi connectivity index (χ4n) is 1.73. The molecular weight excluding hydrogens is 248 g/mol. The monoisotopic (exact) mass is 272 g/mol. The molecule has 1 aliphatic rings. The van der Waals surface area contributed by atoms with E-state index in [-0.39, 0.29) is 5.92 Å². The molecule has 3 N–H and O–H groups in total. The summed E-state index contributed by atoms with van der Waals surface area (Å²) in [5, 5.41) is 14.1. The van der Waals surface area contributed by atoms with Crippen LogP contribution >= 0.6 is 0 Å². The molecule has 1 fully saturated rings. The van der Waals surface area contributed by atoms with Crippen LogP contribution in [0.4, 0.5) is 4.79 Å². The number of nitrogens with one attached hydrogen (secondary N) is 2. The third-order valence-electron chi connectivity index (χ3n) is 3.04. The Bertz CT molecular complexity index is 292. The fourth-order valence-corrected chi connectivity index (χ4v) is 1.73. The first-order valence-electron chi connectivity index (χ1n) is 7.00. The van der Waals surface area contributed by atoms with E-state index in [0.717, 1.165) is 38.7 Å². The molecular formula is C13H24N2O4. The SMILES string of the molecule is CCCCOCCCNC(=O)NC(C(=O)O)C1CC1. The van der Waals surface area contributed by atoms with Crippen molar-refractivity contribution >= 4 is 12.0 Å². The first-order chi connectivity index (χ1) is 9.15. The van der Waals surface area contributed by atoms with Crippen LogP contribution in [-0.4, -0.2) is 42.9 Å². The minimum absolute atomic E-state index is 0.0978. The lowest BCUT2D eigenvalue weighted by Crippen LogP contribution is -2.47. The van der Waals surface area contributed by atoms with Crippen LogP contribution in [0.3, 0.4) is 0 Å². The summed E-state index contributed by atoms with van der Waals surface area (Å²) in [6.07, 6.45) is 4.65. The van der Waals surface area contributed by atoms with E-state index in [1.54, 1.807) is 0 Å². The van der Waals surface area contributed by atoms with Crippen molar-refractivity contribution in [3.63, 3.8) is 0 Å². The van der Waals surface area contributed by atoms with Crippen molar-refractivity contribution in [2.24, 2.45) is 5.92 Å². The molecule has 0 spiro atoms. The fraction of sp³-hybridized carbons (Fsp3) is 0.846. The molecule has 6 heteroatoms. The van der Waals surface area contributed by atoms with Gasteiger partial charge in [-0.2, -0.15) is 0 Å². The number of ether oxygens (including phenoxy) is 1. The summed E-state index contributed by atoms with van der Waals surface area (Å²) in [4.78, 5) is 22.4. The average Bonchev–Trinajstić information content (AvgIpc) is 3.18. The van der Waals surface area contributed by atoms with Gasteiger partial charge in [-0.25, -0.2) is 9.59 Å². The molecule has 0 aromatic rings. The molecule has 0 heterocycles. The molecule has 1 saturated carbocycles. The minimum Gasteiger partial charge on any atom is -0.480 e. The molecule has 1 atom stereocenters. The second-order valence-corrected chi connectivity index (χ2v) is 4.87. The second kappa shape index (κ2) is 8.74. The summed E-state index contributed by atoms with van der Waals surface area (Å²) in [6.45, 7) is 3.97. The van der Waals surface area contributed by atoms with E-state index >= 15 is 0 Å². The second-order valence-electron chi connectivity index (χ2n) is 4.87. The summed E-state index contributed by atoms with van der Waals surface area (Å²) >= 11 is 0. The molecule has 110 valence electrons. The van der Waals surface area contributed by atoms with Crippen LogP contribution in [0.5, 0.6) is 0 Å². The van der Waals surface area contributed by atoms with E-state index in [0.29, 0.717) is 13.2 Å². The molecule has 2 amide bonds. The van der Waals surface area contributed by atoms with Crippen molar-refractivity contribution < 1.29 is 19.4 Å². The van der Waals surface area contributed by atoms with Crippen molar-refractivity contribution in [2.45, 2.75) is 45.1 Å². The zero-order valence-corrected chi connectivity index (χ0v) is 11.5. The third-order valence-corrected chi connectivity index (χ3v) is 3.04. The van der Waals surface area contributed by atoms with Gasteiger partial charge in [0.2, 0.25) is 0 Å². The number of hydrogen-bond acceptors (Lipinski definition) is 3. The Morgan fingerprint density at radius 2 is 2.00 bits per heavy atom. The predicted molar refractivity (Wildman–Crippen MR) is 71.0 cm³/mol. The van der Waals surface area contributed by atoms with E-state index in [9.17, 15) is 9.59 Å². The number of urea groups is 1. The maximum atomic E-state index is 11.5. The summed E-state index contributed by atoms with van der Waals surface area (Å²) < 4.78 is 5.36. The molecule has 1 rings (SSSR count). The molecule has 0 radical (unpaired) electrons. The normalized spacial score (nSPS) is 15.8. The Balaban J connectivity index is 2.02. The highest BCUT2D eigenvalue weighted by Crippen LogP contribution is 2.32. The number of aliphatic carboxylic acids is 1. The van der Waals surface area contributed by atoms with Gasteiger partial charge < -0.3 is 20.5 Å². The first kappa shape index (κ1) is 15.8. The van der Waals surface area contributed by atoms with Gasteiger partial charge in [0.25, 0.3) is 0 Å². The Morgan fingerprint density at radius 1 is 1.32 bits per heavy atom. The van der Waals surface area contributed by atoms with Gasteiger partial charge in [0.1, 0.15) is 6.04 Å². The molecule has 0 aromatic carbocycles. The molecule has 0 aliphatic heterocycles. The van der Waals surface area contributed by atoms with Crippen molar-refractivity contribution in [1.29, 1.82) is 0 Å². The Hall–Kier alpha value is -1.30. The summed E-state index contributed by atoms with van der Waals surface area (Å²) in [5.41, 5.74) is 0. The molecule has 0 bridgehead atoms. The maximum absolute atomic E-state index is 11.5. The minimum atomic E-state index is -0.958. The summed E-state index contributed by atoms with van der Waals surface area (Å²) in [6, 6.07) is -1.16. The van der Waals surface area contributed by atoms with Crippen LogP contribution in [0.2, 0.25) is 0 Å². The smallest absolute Gasteiger partial charge is 0.326 e. The molecule has 0 saturated heterocycles. The van der Waals surface area contributed by atoms with E-state index in [1.165, 1.54) is 0 Å². The van der Waals surface area contributed by atoms with Gasteiger partial charge in [-0.1, -0.05) is 13.3 Å². The van der Waals surface area contributed by atoms with Crippen LogP contribution in [0.1, 0.15) is 39.0 Å². The number of carbonyl (C=O) groups excluding carboxylic acids is 1. The highest BCUT2D eigenvalue weighted by molar-refractivity contribution is 5.83. The topological polar surface area (TPSA) is 87.7 Å². The van der Waals surface area contributed by atoms with Crippen LogP contribution in [0.15, 0.2) is 0 Å². The van der Waals surface area contributed by atoms with Gasteiger partial charge in [0.05, 0.1) is 0 Å². The molecule has 19 heavy (non-hydrogen) atoms. The zero-order chi connectivity index (χ0) is 14.1. The maximum Gasteiger partial charge on any atom is 0.326 e. The Morgan fingerprint density at radius 3 is 2.58 bits per heavy atom. The van der Waals surface area contributed by atoms with E-state index in [1.807, 2.05) is 0 Å². The molecule has 1 aliphatic carbocycles. The molecule has 6 nitrogen and oxygen atoms in total. The number of rotatable bonds is 10. The van der Waals surface area contributed by atoms with E-state index in [4.69, 9.17) is 9.84 Å². The lowest BCUT2D eigenvalue weighted by atomic mass is 10.2. The van der Waals surface area contributed by atoms with Crippen LogP contribution in [0.25, 0.3) is 0 Å². The number of amides is 2. The van der Waals surface area contributed by atoms with Gasteiger partial charge in [-0.15, -0.1) is 0 Å². The highest BCUT2D eigenvalue weighted by Gasteiger charge is 2.37. The Kier molecular flexibility index (Phi) is 7.25. The lowest BCUT2D eigenvalue weighted by molar-refractivity contribution is -0.139. The highest BCUT2D eigenvalue weighted by atomic mass is 16.5. The third kappa shape index (κ3) is 7.00. The number of unbranched alkanes of at least 4 members (excludes halogenated alkanes) is 1. The van der Waals surface area contributed by atoms with E-state index < -0.39 is 18.0 Å². The number of carboxylic acid groups (broad SMARTS) is 1. The van der Waals surface area contributed by atoms with Crippen LogP contribution < -0.4 is 10.6 Å². The van der Waals surface area contributed by atoms with Crippen molar-refractivity contribution in [2.75, 3.05) is 19.8 Å². The van der Waals surface area contributed by atoms with Gasteiger partial charge in [-0.05, 0) is 31.6 Å². The number of carboxylic acids is 1. The first-order valence-corrected chi connectivity index (χ1v) is 7.00. The lowest BCUT2D eigenvalue weighted by Gasteiger charge is -2.14. The van der Waals surface area contributed by atoms with Gasteiger partial charge in [-0.3, -0.25) is 0 Å². The van der Waals surface area contributed by atoms with E-state index in [2.05, 4.69) is 17.6 Å². The largest absolute Gasteiger partial charge is 0.480 e. The number of hydrogen-bond donors (Lipinski definition) is 3. The Labute approximate surface area is 113 Å².